The van der Waals surface area contributed by atoms with Crippen molar-refractivity contribution in [2.24, 2.45) is 0 Å². The predicted octanol–water partition coefficient (Wildman–Crippen LogP) is 22.3. The van der Waals surface area contributed by atoms with E-state index in [9.17, 15) is 14.4 Å². The second-order valence-electron chi connectivity index (χ2n) is 21.6. The smallest absolute Gasteiger partial charge is 0.306 e. The average Bonchev–Trinajstić information content (AvgIpc) is 3.42. The highest BCUT2D eigenvalue weighted by atomic mass is 16.6. The SMILES string of the molecule is CC/C=C\C/C=C\C/C=C\C/C=C\CCCCCCCCCCCCCCCCCCCCCCC(=O)OCC(COC(=O)CCCCCCC/C=C\CCC)OC(=O)CCCCCCC/C=C\C/C=C\CCCCC. The number of hydrogen-bond donors (Lipinski definition) is 0. The summed E-state index contributed by atoms with van der Waals surface area (Å²) in [6.07, 6.45) is 84.8. The lowest BCUT2D eigenvalue weighted by Crippen LogP contribution is -2.30. The number of unbranched alkanes of at least 4 members (excludes halogenated alkanes) is 34. The van der Waals surface area contributed by atoms with Gasteiger partial charge in [-0.1, -0.05) is 279 Å². The lowest BCUT2D eigenvalue weighted by atomic mass is 10.0. The summed E-state index contributed by atoms with van der Waals surface area (Å²) in [6.45, 7) is 6.45. The van der Waals surface area contributed by atoms with E-state index in [1.165, 1.54) is 161 Å². The minimum atomic E-state index is -0.784. The summed E-state index contributed by atoms with van der Waals surface area (Å²) in [5.41, 5.74) is 0. The number of carbonyl (C=O) groups is 3. The Morgan fingerprint density at radius 1 is 0.276 bits per heavy atom. The van der Waals surface area contributed by atoms with Gasteiger partial charge in [0.2, 0.25) is 0 Å². The molecule has 0 amide bonds. The summed E-state index contributed by atoms with van der Waals surface area (Å²) < 4.78 is 16.9. The minimum absolute atomic E-state index is 0.0813. The topological polar surface area (TPSA) is 78.9 Å². The zero-order valence-corrected chi connectivity index (χ0v) is 50.3. The first kappa shape index (κ1) is 72.6. The van der Waals surface area contributed by atoms with Gasteiger partial charge in [0, 0.05) is 19.3 Å². The average molecular weight is 1060 g/mol. The number of esters is 3. The molecule has 0 radical (unpaired) electrons. The van der Waals surface area contributed by atoms with Crippen molar-refractivity contribution in [1.82, 2.24) is 0 Å². The molecule has 0 heterocycles. The van der Waals surface area contributed by atoms with Crippen LogP contribution in [-0.2, 0) is 28.6 Å². The fourth-order valence-corrected chi connectivity index (χ4v) is 9.23. The van der Waals surface area contributed by atoms with Crippen LogP contribution in [0.3, 0.4) is 0 Å². The molecule has 1 atom stereocenters. The van der Waals surface area contributed by atoms with Crippen LogP contribution in [0.5, 0.6) is 0 Å². The summed E-state index contributed by atoms with van der Waals surface area (Å²) in [4.78, 5) is 38.2. The fraction of sp³-hybridized carbons (Fsp3) is 0.757. The van der Waals surface area contributed by atoms with Crippen molar-refractivity contribution in [1.29, 1.82) is 0 Å². The minimum Gasteiger partial charge on any atom is -0.462 e. The summed E-state index contributed by atoms with van der Waals surface area (Å²) in [6, 6.07) is 0. The quantitative estimate of drug-likeness (QED) is 0.0261. The maximum Gasteiger partial charge on any atom is 0.306 e. The molecule has 438 valence electrons. The van der Waals surface area contributed by atoms with Gasteiger partial charge in [0.1, 0.15) is 13.2 Å². The highest BCUT2D eigenvalue weighted by Gasteiger charge is 2.19. The van der Waals surface area contributed by atoms with E-state index in [0.29, 0.717) is 19.3 Å². The predicted molar refractivity (Wildman–Crippen MR) is 330 cm³/mol. The number of rotatable bonds is 59. The second-order valence-corrected chi connectivity index (χ2v) is 21.6. The summed E-state index contributed by atoms with van der Waals surface area (Å²) in [5, 5.41) is 0. The van der Waals surface area contributed by atoms with Crippen LogP contribution < -0.4 is 0 Å². The van der Waals surface area contributed by atoms with E-state index in [1.807, 2.05) is 0 Å². The number of allylic oxidation sites excluding steroid dienone is 14. The fourth-order valence-electron chi connectivity index (χ4n) is 9.23. The van der Waals surface area contributed by atoms with Crippen LogP contribution in [0.1, 0.15) is 323 Å². The number of ether oxygens (including phenoxy) is 3. The lowest BCUT2D eigenvalue weighted by Gasteiger charge is -2.18. The van der Waals surface area contributed by atoms with Crippen LogP contribution in [0, 0.1) is 0 Å². The first-order valence-corrected chi connectivity index (χ1v) is 32.6. The molecular formula is C70H122O6. The molecule has 0 bridgehead atoms. The van der Waals surface area contributed by atoms with Crippen molar-refractivity contribution in [2.75, 3.05) is 13.2 Å². The van der Waals surface area contributed by atoms with E-state index in [-0.39, 0.29) is 31.1 Å². The van der Waals surface area contributed by atoms with Crippen LogP contribution in [-0.4, -0.2) is 37.2 Å². The molecule has 0 aliphatic heterocycles. The molecule has 76 heavy (non-hydrogen) atoms. The number of carbonyl (C=O) groups excluding carboxylic acids is 3. The molecule has 0 aliphatic rings. The van der Waals surface area contributed by atoms with Gasteiger partial charge in [0.25, 0.3) is 0 Å². The third-order valence-corrected chi connectivity index (χ3v) is 14.1. The maximum absolute atomic E-state index is 12.8. The van der Waals surface area contributed by atoms with Gasteiger partial charge in [-0.3, -0.25) is 14.4 Å². The Hall–Kier alpha value is -3.41. The highest BCUT2D eigenvalue weighted by molar-refractivity contribution is 5.71. The summed E-state index contributed by atoms with van der Waals surface area (Å²) in [5.74, 6) is -0.895. The van der Waals surface area contributed by atoms with Crippen molar-refractivity contribution >= 4 is 17.9 Å². The molecular weight excluding hydrogens is 937 g/mol. The van der Waals surface area contributed by atoms with Gasteiger partial charge < -0.3 is 14.2 Å². The Morgan fingerprint density at radius 3 is 0.868 bits per heavy atom. The van der Waals surface area contributed by atoms with E-state index >= 15 is 0 Å². The Labute approximate surface area is 471 Å². The first-order chi connectivity index (χ1) is 37.5. The summed E-state index contributed by atoms with van der Waals surface area (Å²) in [7, 11) is 0. The van der Waals surface area contributed by atoms with Crippen molar-refractivity contribution in [3.8, 4) is 0 Å². The highest BCUT2D eigenvalue weighted by Crippen LogP contribution is 2.17. The van der Waals surface area contributed by atoms with Gasteiger partial charge in [-0.2, -0.15) is 0 Å². The van der Waals surface area contributed by atoms with E-state index in [4.69, 9.17) is 14.2 Å². The molecule has 0 aromatic carbocycles. The zero-order valence-electron chi connectivity index (χ0n) is 50.3. The monoisotopic (exact) mass is 1060 g/mol. The molecule has 0 spiro atoms. The van der Waals surface area contributed by atoms with Gasteiger partial charge in [-0.25, -0.2) is 0 Å². The lowest BCUT2D eigenvalue weighted by molar-refractivity contribution is -0.167. The van der Waals surface area contributed by atoms with Crippen molar-refractivity contribution in [3.63, 3.8) is 0 Å². The van der Waals surface area contributed by atoms with E-state index < -0.39 is 6.10 Å². The van der Waals surface area contributed by atoms with Crippen LogP contribution in [0.4, 0.5) is 0 Å². The van der Waals surface area contributed by atoms with Gasteiger partial charge in [-0.15, -0.1) is 0 Å². The summed E-state index contributed by atoms with van der Waals surface area (Å²) >= 11 is 0. The van der Waals surface area contributed by atoms with E-state index in [0.717, 1.165) is 122 Å². The van der Waals surface area contributed by atoms with Crippen molar-refractivity contribution in [3.05, 3.63) is 85.1 Å². The molecule has 6 heteroatoms. The molecule has 0 aromatic rings. The third kappa shape index (κ3) is 61.4. The molecule has 0 saturated heterocycles. The molecule has 0 aromatic heterocycles. The van der Waals surface area contributed by atoms with Gasteiger partial charge in [0.05, 0.1) is 0 Å². The molecule has 0 N–H and O–H groups in total. The van der Waals surface area contributed by atoms with Gasteiger partial charge in [0.15, 0.2) is 6.10 Å². The van der Waals surface area contributed by atoms with Crippen molar-refractivity contribution < 1.29 is 28.6 Å². The van der Waals surface area contributed by atoms with Crippen LogP contribution in [0.25, 0.3) is 0 Å². The molecule has 1 unspecified atom stereocenters. The number of hydrogen-bond acceptors (Lipinski definition) is 6. The molecule has 0 fully saturated rings. The first-order valence-electron chi connectivity index (χ1n) is 32.6. The Balaban J connectivity index is 4.07. The van der Waals surface area contributed by atoms with Crippen LogP contribution in [0.2, 0.25) is 0 Å². The van der Waals surface area contributed by atoms with E-state index in [1.54, 1.807) is 0 Å². The Morgan fingerprint density at radius 2 is 0.539 bits per heavy atom. The van der Waals surface area contributed by atoms with E-state index in [2.05, 4.69) is 106 Å². The molecule has 0 rings (SSSR count). The van der Waals surface area contributed by atoms with Crippen LogP contribution >= 0.6 is 0 Å². The largest absolute Gasteiger partial charge is 0.462 e. The molecule has 0 aliphatic carbocycles. The van der Waals surface area contributed by atoms with Crippen molar-refractivity contribution in [2.45, 2.75) is 329 Å². The van der Waals surface area contributed by atoms with Crippen LogP contribution in [0.15, 0.2) is 85.1 Å². The van der Waals surface area contributed by atoms with Gasteiger partial charge >= 0.3 is 17.9 Å². The Bertz CT molecular complexity index is 1450. The Kier molecular flexibility index (Phi) is 61.2. The molecule has 6 nitrogen and oxygen atoms in total. The third-order valence-electron chi connectivity index (χ3n) is 14.1. The standard InChI is InChI=1S/C70H122O6/c1-4-7-10-13-16-19-22-24-26-27-28-29-30-31-32-33-34-35-36-37-38-39-40-41-42-43-45-46-48-51-54-57-60-63-69(72)75-66-67(65-74-68(71)62-59-56-53-50-21-18-15-12-9-6-3)76-70(73)64-61-58-55-52-49-47-44-25-23-20-17-14-11-8-5-2/h7,10,12,15-17,19-20,24-26,28-29,44,67H,4-6,8-9,11,13-14,18,21-23,27,30-43,45-66H2,1-3H3/b10-7-,15-12-,19-16-,20-17-,26-24-,29-28-,44-25-. The zero-order chi connectivity index (χ0) is 55.0. The van der Waals surface area contributed by atoms with Gasteiger partial charge in [-0.05, 0) is 109 Å². The maximum atomic E-state index is 12.8. The normalized spacial score (nSPS) is 12.6. The second kappa shape index (κ2) is 64.1. The molecule has 0 saturated carbocycles.